The van der Waals surface area contributed by atoms with Crippen molar-refractivity contribution in [2.45, 2.75) is 13.0 Å². The molecule has 11 heavy (non-hydrogen) atoms. The Morgan fingerprint density at radius 1 is 1.64 bits per heavy atom. The number of hydrogen-bond donors (Lipinski definition) is 1. The lowest BCUT2D eigenvalue weighted by molar-refractivity contribution is 0.452. The molecule has 58 valence electrons. The van der Waals surface area contributed by atoms with Gasteiger partial charge in [-0.05, 0) is 18.4 Å². The maximum Gasteiger partial charge on any atom is 0.119 e. The van der Waals surface area contributed by atoms with Crippen molar-refractivity contribution in [2.75, 3.05) is 0 Å². The van der Waals surface area contributed by atoms with Crippen molar-refractivity contribution in [3.63, 3.8) is 0 Å². The second-order valence-corrected chi connectivity index (χ2v) is 3.23. The van der Waals surface area contributed by atoms with Gasteiger partial charge in [0.05, 0.1) is 6.04 Å². The second-order valence-electron chi connectivity index (χ2n) is 3.23. The van der Waals surface area contributed by atoms with Crippen LogP contribution in [0.1, 0.15) is 6.92 Å². The molecule has 2 unspecified atom stereocenters. The van der Waals surface area contributed by atoms with E-state index in [9.17, 15) is 4.39 Å². The summed E-state index contributed by atoms with van der Waals surface area (Å²) in [6.45, 7) is 2.01. The van der Waals surface area contributed by atoms with E-state index in [4.69, 9.17) is 0 Å². The van der Waals surface area contributed by atoms with Crippen molar-refractivity contribution in [1.82, 2.24) is 5.32 Å². The van der Waals surface area contributed by atoms with E-state index in [-0.39, 0.29) is 17.3 Å². The van der Waals surface area contributed by atoms with Crippen LogP contribution in [-0.4, -0.2) is 6.04 Å². The van der Waals surface area contributed by atoms with Gasteiger partial charge in [-0.1, -0.05) is 19.1 Å². The van der Waals surface area contributed by atoms with E-state index in [1.165, 1.54) is 6.08 Å². The van der Waals surface area contributed by atoms with Gasteiger partial charge in [-0.2, -0.15) is 0 Å². The standard InChI is InChI=1S/C9H10FN/c1-9-4-5-11-8(9)3-2-7(10)6-9/h2-6,8,11H,1H3. The Bertz CT molecular complexity index is 265. The van der Waals surface area contributed by atoms with Crippen molar-refractivity contribution in [3.8, 4) is 0 Å². The first kappa shape index (κ1) is 6.65. The largest absolute Gasteiger partial charge is 0.384 e. The maximum atomic E-state index is 12.8. The molecule has 0 bridgehead atoms. The van der Waals surface area contributed by atoms with Crippen molar-refractivity contribution in [3.05, 3.63) is 36.3 Å². The number of halogens is 1. The van der Waals surface area contributed by atoms with E-state index < -0.39 is 0 Å². The molecular weight excluding hydrogens is 141 g/mol. The van der Waals surface area contributed by atoms with Crippen molar-refractivity contribution < 1.29 is 4.39 Å². The van der Waals surface area contributed by atoms with Gasteiger partial charge in [0.15, 0.2) is 0 Å². The van der Waals surface area contributed by atoms with Crippen LogP contribution in [0.2, 0.25) is 0 Å². The zero-order valence-corrected chi connectivity index (χ0v) is 6.34. The molecule has 1 heterocycles. The quantitative estimate of drug-likeness (QED) is 0.557. The summed E-state index contributed by atoms with van der Waals surface area (Å²) in [7, 11) is 0. The number of fused-ring (bicyclic) bond motifs is 1. The lowest BCUT2D eigenvalue weighted by Gasteiger charge is -2.27. The molecule has 0 radical (unpaired) electrons. The Kier molecular flexibility index (Phi) is 1.19. The number of hydrogen-bond acceptors (Lipinski definition) is 1. The summed E-state index contributed by atoms with van der Waals surface area (Å²) in [5, 5.41) is 3.14. The van der Waals surface area contributed by atoms with Crippen molar-refractivity contribution >= 4 is 0 Å². The third kappa shape index (κ3) is 0.897. The summed E-state index contributed by atoms with van der Waals surface area (Å²) in [5.74, 6) is -0.142. The third-order valence-electron chi connectivity index (χ3n) is 2.29. The summed E-state index contributed by atoms with van der Waals surface area (Å²) in [4.78, 5) is 0. The highest BCUT2D eigenvalue weighted by Crippen LogP contribution is 2.34. The van der Waals surface area contributed by atoms with E-state index in [0.29, 0.717) is 0 Å². The topological polar surface area (TPSA) is 12.0 Å². The van der Waals surface area contributed by atoms with E-state index in [0.717, 1.165) is 0 Å². The SMILES string of the molecule is CC12C=CNC1C=CC(F)=C2. The minimum Gasteiger partial charge on any atom is -0.384 e. The first-order valence-corrected chi connectivity index (χ1v) is 3.71. The van der Waals surface area contributed by atoms with E-state index >= 15 is 0 Å². The minimum absolute atomic E-state index is 0.142. The molecule has 0 spiro atoms. The molecule has 0 aromatic heterocycles. The van der Waals surface area contributed by atoms with Crippen LogP contribution >= 0.6 is 0 Å². The first-order chi connectivity index (χ1) is 5.21. The highest BCUT2D eigenvalue weighted by atomic mass is 19.1. The molecule has 0 amide bonds. The summed E-state index contributed by atoms with van der Waals surface area (Å²) >= 11 is 0. The van der Waals surface area contributed by atoms with Gasteiger partial charge in [0.2, 0.25) is 0 Å². The Hall–Kier alpha value is -1.05. The predicted molar refractivity (Wildman–Crippen MR) is 42.5 cm³/mol. The lowest BCUT2D eigenvalue weighted by atomic mass is 9.81. The molecule has 0 fully saturated rings. The van der Waals surface area contributed by atoms with Crippen LogP contribution in [0.5, 0.6) is 0 Å². The fourth-order valence-electron chi connectivity index (χ4n) is 1.55. The molecule has 1 aliphatic heterocycles. The van der Waals surface area contributed by atoms with Crippen molar-refractivity contribution in [1.29, 1.82) is 0 Å². The Morgan fingerprint density at radius 2 is 2.45 bits per heavy atom. The summed E-state index contributed by atoms with van der Waals surface area (Å²) in [5.41, 5.74) is -0.154. The van der Waals surface area contributed by atoms with Crippen LogP contribution in [-0.2, 0) is 0 Å². The van der Waals surface area contributed by atoms with Gasteiger partial charge in [-0.3, -0.25) is 0 Å². The lowest BCUT2D eigenvalue weighted by Crippen LogP contribution is -2.33. The molecule has 1 N–H and O–H groups in total. The summed E-state index contributed by atoms with van der Waals surface area (Å²) < 4.78 is 12.8. The highest BCUT2D eigenvalue weighted by molar-refractivity contribution is 5.33. The monoisotopic (exact) mass is 151 g/mol. The van der Waals surface area contributed by atoms with Crippen LogP contribution in [0.25, 0.3) is 0 Å². The molecular formula is C9H10FN. The Morgan fingerprint density at radius 3 is 3.27 bits per heavy atom. The van der Waals surface area contributed by atoms with Crippen LogP contribution in [0, 0.1) is 5.41 Å². The molecule has 0 aromatic rings. The van der Waals surface area contributed by atoms with Crippen LogP contribution < -0.4 is 5.32 Å². The van der Waals surface area contributed by atoms with Gasteiger partial charge in [0.25, 0.3) is 0 Å². The predicted octanol–water partition coefficient (Wildman–Crippen LogP) is 1.90. The fraction of sp³-hybridized carbons (Fsp3) is 0.333. The normalized spacial score (nSPS) is 39.8. The second kappa shape index (κ2) is 1.97. The Labute approximate surface area is 65.3 Å². The minimum atomic E-state index is -0.154. The Balaban J connectivity index is 2.39. The molecule has 2 aliphatic rings. The van der Waals surface area contributed by atoms with Gasteiger partial charge in [0, 0.05) is 5.41 Å². The van der Waals surface area contributed by atoms with Gasteiger partial charge in [0.1, 0.15) is 5.83 Å². The fourth-order valence-corrected chi connectivity index (χ4v) is 1.55. The first-order valence-electron chi connectivity index (χ1n) is 3.71. The van der Waals surface area contributed by atoms with Gasteiger partial charge >= 0.3 is 0 Å². The number of nitrogens with one attached hydrogen (secondary N) is 1. The number of allylic oxidation sites excluding steroid dienone is 2. The molecule has 0 saturated carbocycles. The zero-order valence-electron chi connectivity index (χ0n) is 6.34. The zero-order chi connectivity index (χ0) is 7.90. The van der Waals surface area contributed by atoms with Crippen LogP contribution in [0.3, 0.4) is 0 Å². The molecule has 0 saturated heterocycles. The molecule has 1 nitrogen and oxygen atoms in total. The van der Waals surface area contributed by atoms with Crippen LogP contribution in [0.15, 0.2) is 36.3 Å². The molecule has 2 rings (SSSR count). The van der Waals surface area contributed by atoms with E-state index in [1.807, 2.05) is 25.3 Å². The van der Waals surface area contributed by atoms with Gasteiger partial charge < -0.3 is 5.32 Å². The highest BCUT2D eigenvalue weighted by Gasteiger charge is 2.33. The van der Waals surface area contributed by atoms with Gasteiger partial charge in [-0.15, -0.1) is 0 Å². The molecule has 1 aliphatic carbocycles. The van der Waals surface area contributed by atoms with E-state index in [2.05, 4.69) is 5.32 Å². The summed E-state index contributed by atoms with van der Waals surface area (Å²) in [6.07, 6.45) is 8.88. The van der Waals surface area contributed by atoms with Gasteiger partial charge in [-0.25, -0.2) is 4.39 Å². The average molecular weight is 151 g/mol. The number of rotatable bonds is 0. The van der Waals surface area contributed by atoms with Crippen LogP contribution in [0.4, 0.5) is 4.39 Å². The molecule has 2 heteroatoms. The van der Waals surface area contributed by atoms with Crippen molar-refractivity contribution in [2.24, 2.45) is 5.41 Å². The average Bonchev–Trinajstić information content (AvgIpc) is 2.28. The maximum absolute atomic E-state index is 12.8. The molecule has 2 atom stereocenters. The molecule has 0 aromatic carbocycles. The van der Waals surface area contributed by atoms with E-state index in [1.54, 1.807) is 6.08 Å². The third-order valence-corrected chi connectivity index (χ3v) is 2.29. The smallest absolute Gasteiger partial charge is 0.119 e. The summed E-state index contributed by atoms with van der Waals surface area (Å²) in [6, 6.07) is 0.238.